The molecule has 1 aromatic rings. The van der Waals surface area contributed by atoms with Gasteiger partial charge in [0.2, 0.25) is 5.91 Å². The van der Waals surface area contributed by atoms with Crippen LogP contribution in [0.4, 0.5) is 0 Å². The second kappa shape index (κ2) is 5.10. The Balaban J connectivity index is 1.91. The molecule has 0 radical (unpaired) electrons. The monoisotopic (exact) mass is 301 g/mol. The van der Waals surface area contributed by atoms with Crippen LogP contribution in [0.3, 0.4) is 0 Å². The van der Waals surface area contributed by atoms with Crippen molar-refractivity contribution >= 4 is 18.5 Å². The lowest BCUT2D eigenvalue weighted by Gasteiger charge is -2.32. The normalized spacial score (nSPS) is 25.8. The molecule has 0 spiro atoms. The van der Waals surface area contributed by atoms with Gasteiger partial charge < -0.3 is 15.0 Å². The van der Waals surface area contributed by atoms with Crippen molar-refractivity contribution in [3.05, 3.63) is 29.3 Å². The number of nitrogens with two attached hydrogens (primary N) is 1. The van der Waals surface area contributed by atoms with E-state index in [1.54, 1.807) is 0 Å². The van der Waals surface area contributed by atoms with E-state index in [4.69, 9.17) is 15.0 Å². The molecule has 1 fully saturated rings. The highest BCUT2D eigenvalue weighted by Gasteiger charge is 2.51. The molecule has 118 valence electrons. The number of carbonyl (C=O) groups is 1. The van der Waals surface area contributed by atoms with Crippen LogP contribution in [0.2, 0.25) is 0 Å². The summed E-state index contributed by atoms with van der Waals surface area (Å²) in [5.41, 5.74) is 8.12. The quantitative estimate of drug-likeness (QED) is 0.849. The average Bonchev–Trinajstić information content (AvgIpc) is 2.66. The van der Waals surface area contributed by atoms with Crippen molar-refractivity contribution in [2.45, 2.75) is 64.1 Å². The standard InChI is InChI=1S/C17H24BNO3/c1-16(2)17(3,4)22-18(21-16)12-8-9-13-11(10-12)6-5-7-14(13)15(19)20/h8-10,14H,5-7H2,1-4H3,(H2,19,20). The fraction of sp³-hybridized carbons (Fsp3) is 0.588. The van der Waals surface area contributed by atoms with E-state index in [0.29, 0.717) is 0 Å². The molecule has 2 aliphatic rings. The summed E-state index contributed by atoms with van der Waals surface area (Å²) >= 11 is 0. The molecule has 3 rings (SSSR count). The molecular formula is C17H24BNO3. The number of hydrogen-bond donors (Lipinski definition) is 1. The van der Waals surface area contributed by atoms with Crippen molar-refractivity contribution in [3.63, 3.8) is 0 Å². The summed E-state index contributed by atoms with van der Waals surface area (Å²) in [4.78, 5) is 11.6. The zero-order valence-corrected chi connectivity index (χ0v) is 13.8. The average molecular weight is 301 g/mol. The summed E-state index contributed by atoms with van der Waals surface area (Å²) < 4.78 is 12.2. The maximum Gasteiger partial charge on any atom is 0.494 e. The minimum atomic E-state index is -0.357. The van der Waals surface area contributed by atoms with Gasteiger partial charge in [-0.15, -0.1) is 0 Å². The second-order valence-electron chi connectivity index (χ2n) is 7.39. The van der Waals surface area contributed by atoms with Gasteiger partial charge in [-0.3, -0.25) is 4.79 Å². The molecule has 1 amide bonds. The van der Waals surface area contributed by atoms with Gasteiger partial charge in [0.25, 0.3) is 0 Å². The topological polar surface area (TPSA) is 61.5 Å². The van der Waals surface area contributed by atoms with Crippen LogP contribution in [0.5, 0.6) is 0 Å². The van der Waals surface area contributed by atoms with Crippen molar-refractivity contribution in [2.24, 2.45) is 5.73 Å². The van der Waals surface area contributed by atoms with Gasteiger partial charge in [-0.2, -0.15) is 0 Å². The first-order valence-electron chi connectivity index (χ1n) is 7.99. The first kappa shape index (κ1) is 15.6. The molecular weight excluding hydrogens is 277 g/mol. The zero-order valence-electron chi connectivity index (χ0n) is 13.8. The number of carbonyl (C=O) groups excluding carboxylic acids is 1. The van der Waals surface area contributed by atoms with Crippen LogP contribution in [-0.2, 0) is 20.5 Å². The molecule has 5 heteroatoms. The molecule has 0 saturated carbocycles. The molecule has 2 N–H and O–H groups in total. The maximum absolute atomic E-state index is 11.6. The molecule has 0 bridgehead atoms. The highest BCUT2D eigenvalue weighted by atomic mass is 16.7. The summed E-state index contributed by atoms with van der Waals surface area (Å²) in [5, 5.41) is 0. The number of benzene rings is 1. The molecule has 1 atom stereocenters. The van der Waals surface area contributed by atoms with Gasteiger partial charge in [-0.1, -0.05) is 18.2 Å². The lowest BCUT2D eigenvalue weighted by Crippen LogP contribution is -2.41. The zero-order chi connectivity index (χ0) is 16.1. The van der Waals surface area contributed by atoms with Crippen molar-refractivity contribution < 1.29 is 14.1 Å². The Labute approximate surface area is 132 Å². The largest absolute Gasteiger partial charge is 0.494 e. The number of rotatable bonds is 2. The summed E-state index contributed by atoms with van der Waals surface area (Å²) in [6.45, 7) is 8.20. The SMILES string of the molecule is CC1(C)OB(c2ccc3c(c2)CCCC3C(N)=O)OC1(C)C. The van der Waals surface area contributed by atoms with Crippen molar-refractivity contribution in [2.75, 3.05) is 0 Å². The Morgan fingerprint density at radius 3 is 2.45 bits per heavy atom. The minimum absolute atomic E-state index is 0.156. The first-order valence-corrected chi connectivity index (χ1v) is 7.99. The van der Waals surface area contributed by atoms with Crippen molar-refractivity contribution in [1.82, 2.24) is 0 Å². The maximum atomic E-state index is 11.6. The van der Waals surface area contributed by atoms with Crippen LogP contribution in [0.15, 0.2) is 18.2 Å². The van der Waals surface area contributed by atoms with Crippen LogP contribution >= 0.6 is 0 Å². The Bertz CT molecular complexity index is 596. The van der Waals surface area contributed by atoms with E-state index in [-0.39, 0.29) is 30.1 Å². The summed E-state index contributed by atoms with van der Waals surface area (Å²) in [5.74, 6) is -0.388. The Hall–Kier alpha value is -1.33. The molecule has 1 saturated heterocycles. The second-order valence-corrected chi connectivity index (χ2v) is 7.39. The number of fused-ring (bicyclic) bond motifs is 1. The summed E-state index contributed by atoms with van der Waals surface area (Å²) in [6.07, 6.45) is 2.82. The molecule has 1 aliphatic heterocycles. The van der Waals surface area contributed by atoms with E-state index >= 15 is 0 Å². The van der Waals surface area contributed by atoms with Crippen LogP contribution in [-0.4, -0.2) is 24.2 Å². The minimum Gasteiger partial charge on any atom is -0.399 e. The van der Waals surface area contributed by atoms with Crippen LogP contribution in [0, 0.1) is 0 Å². The van der Waals surface area contributed by atoms with E-state index in [0.717, 1.165) is 30.3 Å². The number of aryl methyl sites for hydroxylation is 1. The van der Waals surface area contributed by atoms with Crippen LogP contribution < -0.4 is 11.2 Å². The van der Waals surface area contributed by atoms with Crippen molar-refractivity contribution in [3.8, 4) is 0 Å². The van der Waals surface area contributed by atoms with Gasteiger partial charge in [0.15, 0.2) is 0 Å². The van der Waals surface area contributed by atoms with Crippen molar-refractivity contribution in [1.29, 1.82) is 0 Å². The van der Waals surface area contributed by atoms with Crippen LogP contribution in [0.25, 0.3) is 0 Å². The molecule has 22 heavy (non-hydrogen) atoms. The fourth-order valence-corrected chi connectivity index (χ4v) is 3.26. The van der Waals surface area contributed by atoms with E-state index in [9.17, 15) is 4.79 Å². The summed E-state index contributed by atoms with van der Waals surface area (Å²) in [6, 6.07) is 6.14. The van der Waals surface area contributed by atoms with Gasteiger partial charge in [-0.05, 0) is 63.5 Å². The van der Waals surface area contributed by atoms with Gasteiger partial charge in [0.1, 0.15) is 0 Å². The Morgan fingerprint density at radius 2 is 1.86 bits per heavy atom. The smallest absolute Gasteiger partial charge is 0.399 e. The highest BCUT2D eigenvalue weighted by Crippen LogP contribution is 2.37. The van der Waals surface area contributed by atoms with E-state index in [1.807, 2.05) is 12.1 Å². The predicted octanol–water partition coefficient (Wildman–Crippen LogP) is 1.89. The lowest BCUT2D eigenvalue weighted by atomic mass is 9.74. The molecule has 1 heterocycles. The van der Waals surface area contributed by atoms with E-state index in [2.05, 4.69) is 33.8 Å². The van der Waals surface area contributed by atoms with E-state index in [1.165, 1.54) is 5.56 Å². The Kier molecular flexibility index (Phi) is 3.61. The molecule has 0 aromatic heterocycles. The first-order chi connectivity index (χ1) is 10.2. The highest BCUT2D eigenvalue weighted by molar-refractivity contribution is 6.62. The van der Waals surface area contributed by atoms with Crippen LogP contribution in [0.1, 0.15) is 57.6 Å². The molecule has 1 aromatic carbocycles. The fourth-order valence-electron chi connectivity index (χ4n) is 3.26. The number of hydrogen-bond acceptors (Lipinski definition) is 3. The van der Waals surface area contributed by atoms with Gasteiger partial charge in [0.05, 0.1) is 17.1 Å². The predicted molar refractivity (Wildman–Crippen MR) is 87.0 cm³/mol. The summed E-state index contributed by atoms with van der Waals surface area (Å²) in [7, 11) is -0.357. The third kappa shape index (κ3) is 2.46. The van der Waals surface area contributed by atoms with Gasteiger partial charge in [-0.25, -0.2) is 0 Å². The Morgan fingerprint density at radius 1 is 1.23 bits per heavy atom. The van der Waals surface area contributed by atoms with E-state index < -0.39 is 0 Å². The molecule has 1 unspecified atom stereocenters. The van der Waals surface area contributed by atoms with Gasteiger partial charge in [0, 0.05) is 0 Å². The molecule has 1 aliphatic carbocycles. The third-order valence-electron chi connectivity index (χ3n) is 5.35. The van der Waals surface area contributed by atoms with Gasteiger partial charge >= 0.3 is 7.12 Å². The molecule has 4 nitrogen and oxygen atoms in total. The lowest BCUT2D eigenvalue weighted by molar-refractivity contribution is -0.119. The number of amides is 1. The number of primary amides is 1. The third-order valence-corrected chi connectivity index (χ3v) is 5.35.